The largest absolute Gasteiger partial charge is 0.394 e. The Kier molecular flexibility index (Phi) is 4.02. The highest BCUT2D eigenvalue weighted by atomic mass is 16.5. The Morgan fingerprint density at radius 1 is 1.26 bits per heavy atom. The number of aryl methyl sites for hydroxylation is 2. The highest BCUT2D eigenvalue weighted by Crippen LogP contribution is 2.21. The molecule has 0 saturated heterocycles. The zero-order chi connectivity index (χ0) is 13.9. The molecule has 4 nitrogen and oxygen atoms in total. The summed E-state index contributed by atoms with van der Waals surface area (Å²) in [7, 11) is 0. The van der Waals surface area contributed by atoms with Crippen LogP contribution in [0.4, 0.5) is 0 Å². The van der Waals surface area contributed by atoms with Gasteiger partial charge in [0.15, 0.2) is 0 Å². The van der Waals surface area contributed by atoms with Crippen molar-refractivity contribution in [1.82, 2.24) is 10.5 Å². The molecule has 0 radical (unpaired) electrons. The number of benzene rings is 1. The zero-order valence-corrected chi connectivity index (χ0v) is 11.6. The minimum atomic E-state index is -0.475. The summed E-state index contributed by atoms with van der Waals surface area (Å²) in [6, 6.07) is 9.93. The summed E-state index contributed by atoms with van der Waals surface area (Å²) >= 11 is 0. The molecular formula is C15H20N2O2. The van der Waals surface area contributed by atoms with Crippen LogP contribution in [0.3, 0.4) is 0 Å². The summed E-state index contributed by atoms with van der Waals surface area (Å²) < 4.78 is 5.15. The molecule has 4 heteroatoms. The molecule has 1 unspecified atom stereocenters. The summed E-state index contributed by atoms with van der Waals surface area (Å²) in [6.45, 7) is 6.45. The van der Waals surface area contributed by atoms with Gasteiger partial charge in [0.25, 0.3) is 0 Å². The zero-order valence-electron chi connectivity index (χ0n) is 11.6. The van der Waals surface area contributed by atoms with Gasteiger partial charge in [-0.3, -0.25) is 0 Å². The van der Waals surface area contributed by atoms with Crippen molar-refractivity contribution in [2.24, 2.45) is 0 Å². The molecule has 1 aromatic heterocycles. The molecule has 102 valence electrons. The highest BCUT2D eigenvalue weighted by molar-refractivity contribution is 5.25. The van der Waals surface area contributed by atoms with Crippen molar-refractivity contribution in [2.45, 2.75) is 32.9 Å². The van der Waals surface area contributed by atoms with Crippen LogP contribution in [0.15, 0.2) is 34.9 Å². The van der Waals surface area contributed by atoms with E-state index in [4.69, 9.17) is 4.52 Å². The molecule has 2 rings (SSSR count). The molecule has 0 bridgehead atoms. The van der Waals surface area contributed by atoms with Gasteiger partial charge in [0.05, 0.1) is 17.8 Å². The van der Waals surface area contributed by atoms with Crippen molar-refractivity contribution >= 4 is 0 Å². The first-order valence-corrected chi connectivity index (χ1v) is 6.40. The van der Waals surface area contributed by atoms with E-state index in [2.05, 4.69) is 10.5 Å². The molecule has 0 aliphatic rings. The lowest BCUT2D eigenvalue weighted by Gasteiger charge is -2.29. The van der Waals surface area contributed by atoms with Crippen LogP contribution in [-0.4, -0.2) is 16.9 Å². The maximum atomic E-state index is 9.70. The number of aromatic nitrogens is 1. The molecular weight excluding hydrogens is 240 g/mol. The second-order valence-electron chi connectivity index (χ2n) is 5.01. The first-order valence-electron chi connectivity index (χ1n) is 6.40. The van der Waals surface area contributed by atoms with E-state index in [1.165, 1.54) is 0 Å². The maximum Gasteiger partial charge on any atom is 0.138 e. The van der Waals surface area contributed by atoms with Crippen molar-refractivity contribution in [1.29, 1.82) is 0 Å². The molecule has 0 aliphatic carbocycles. The van der Waals surface area contributed by atoms with Gasteiger partial charge >= 0.3 is 0 Å². The predicted octanol–water partition coefficient (Wildman–Crippen LogP) is 2.29. The third-order valence-corrected chi connectivity index (χ3v) is 3.56. The molecule has 0 aliphatic heterocycles. The Hall–Kier alpha value is -1.65. The van der Waals surface area contributed by atoms with Crippen molar-refractivity contribution in [3.8, 4) is 0 Å². The Morgan fingerprint density at radius 2 is 1.95 bits per heavy atom. The predicted molar refractivity (Wildman–Crippen MR) is 73.7 cm³/mol. The first-order chi connectivity index (χ1) is 9.07. The van der Waals surface area contributed by atoms with Crippen LogP contribution in [0.5, 0.6) is 0 Å². The van der Waals surface area contributed by atoms with E-state index < -0.39 is 5.54 Å². The third kappa shape index (κ3) is 2.85. The van der Waals surface area contributed by atoms with Crippen LogP contribution < -0.4 is 5.32 Å². The van der Waals surface area contributed by atoms with Crippen molar-refractivity contribution < 1.29 is 9.63 Å². The molecule has 1 atom stereocenters. The normalized spacial score (nSPS) is 14.3. The summed E-state index contributed by atoms with van der Waals surface area (Å²) in [4.78, 5) is 0. The fourth-order valence-corrected chi connectivity index (χ4v) is 2.09. The summed E-state index contributed by atoms with van der Waals surface area (Å²) in [5.74, 6) is 0.818. The molecule has 19 heavy (non-hydrogen) atoms. The average Bonchev–Trinajstić information content (AvgIpc) is 2.76. The standard InChI is InChI=1S/C15H20N2O2/c1-11-14(12(2)19-17-11)9-16-15(3,10-18)13-7-5-4-6-8-13/h4-8,16,18H,9-10H2,1-3H3. The smallest absolute Gasteiger partial charge is 0.138 e. The number of nitrogens with zero attached hydrogens (tertiary/aromatic N) is 1. The van der Waals surface area contributed by atoms with Crippen molar-refractivity contribution in [3.63, 3.8) is 0 Å². The lowest BCUT2D eigenvalue weighted by molar-refractivity contribution is 0.173. The average molecular weight is 260 g/mol. The molecule has 0 fully saturated rings. The molecule has 2 N–H and O–H groups in total. The summed E-state index contributed by atoms with van der Waals surface area (Å²) in [6.07, 6.45) is 0. The topological polar surface area (TPSA) is 58.3 Å². The van der Waals surface area contributed by atoms with Crippen LogP contribution >= 0.6 is 0 Å². The van der Waals surface area contributed by atoms with Crippen LogP contribution in [-0.2, 0) is 12.1 Å². The fourth-order valence-electron chi connectivity index (χ4n) is 2.09. The minimum Gasteiger partial charge on any atom is -0.394 e. The van der Waals surface area contributed by atoms with Gasteiger partial charge in [-0.05, 0) is 26.3 Å². The van der Waals surface area contributed by atoms with Gasteiger partial charge in [-0.25, -0.2) is 0 Å². The molecule has 1 aromatic carbocycles. The van der Waals surface area contributed by atoms with E-state index in [0.29, 0.717) is 6.54 Å². The Labute approximate surface area is 113 Å². The van der Waals surface area contributed by atoms with Crippen LogP contribution in [0.25, 0.3) is 0 Å². The SMILES string of the molecule is Cc1noc(C)c1CNC(C)(CO)c1ccccc1. The van der Waals surface area contributed by atoms with Crippen LogP contribution in [0, 0.1) is 13.8 Å². The summed E-state index contributed by atoms with van der Waals surface area (Å²) in [5, 5.41) is 17.0. The number of nitrogens with one attached hydrogen (secondary N) is 1. The first kappa shape index (κ1) is 13.8. The van der Waals surface area contributed by atoms with E-state index in [9.17, 15) is 5.11 Å². The van der Waals surface area contributed by atoms with E-state index in [0.717, 1.165) is 22.6 Å². The Balaban J connectivity index is 2.16. The third-order valence-electron chi connectivity index (χ3n) is 3.56. The van der Waals surface area contributed by atoms with Crippen molar-refractivity contribution in [3.05, 3.63) is 52.9 Å². The van der Waals surface area contributed by atoms with Crippen LogP contribution in [0.1, 0.15) is 29.5 Å². The van der Waals surface area contributed by atoms with Gasteiger partial charge in [-0.1, -0.05) is 35.5 Å². The number of rotatable bonds is 5. The van der Waals surface area contributed by atoms with E-state index in [1.54, 1.807) is 0 Å². The van der Waals surface area contributed by atoms with Gasteiger partial charge in [0.1, 0.15) is 5.76 Å². The lowest BCUT2D eigenvalue weighted by Crippen LogP contribution is -2.42. The second-order valence-corrected chi connectivity index (χ2v) is 5.01. The molecule has 2 aromatic rings. The number of aliphatic hydroxyl groups excluding tert-OH is 1. The van der Waals surface area contributed by atoms with Crippen molar-refractivity contribution in [2.75, 3.05) is 6.61 Å². The van der Waals surface area contributed by atoms with Gasteiger partial charge in [-0.2, -0.15) is 0 Å². The molecule has 0 saturated carbocycles. The molecule has 0 amide bonds. The van der Waals surface area contributed by atoms with E-state index >= 15 is 0 Å². The molecule has 0 spiro atoms. The minimum absolute atomic E-state index is 0.0282. The highest BCUT2D eigenvalue weighted by Gasteiger charge is 2.25. The Bertz CT molecular complexity index is 517. The number of aliphatic hydroxyl groups is 1. The number of hydrogen-bond acceptors (Lipinski definition) is 4. The molecule has 1 heterocycles. The maximum absolute atomic E-state index is 9.70. The van der Waals surface area contributed by atoms with Gasteiger partial charge in [-0.15, -0.1) is 0 Å². The van der Waals surface area contributed by atoms with Gasteiger partial charge in [0.2, 0.25) is 0 Å². The monoisotopic (exact) mass is 260 g/mol. The second kappa shape index (κ2) is 5.55. The van der Waals surface area contributed by atoms with E-state index in [1.807, 2.05) is 51.1 Å². The van der Waals surface area contributed by atoms with E-state index in [-0.39, 0.29) is 6.61 Å². The fraction of sp³-hybridized carbons (Fsp3) is 0.400. The quantitative estimate of drug-likeness (QED) is 0.866. The lowest BCUT2D eigenvalue weighted by atomic mass is 9.92. The van der Waals surface area contributed by atoms with Crippen LogP contribution in [0.2, 0.25) is 0 Å². The summed E-state index contributed by atoms with van der Waals surface area (Å²) in [5.41, 5.74) is 2.52. The van der Waals surface area contributed by atoms with Gasteiger partial charge in [0, 0.05) is 12.1 Å². The number of hydrogen-bond donors (Lipinski definition) is 2. The van der Waals surface area contributed by atoms with Gasteiger partial charge < -0.3 is 14.9 Å². The Morgan fingerprint density at radius 3 is 2.47 bits per heavy atom.